The van der Waals surface area contributed by atoms with E-state index in [2.05, 4.69) is 5.32 Å². The first-order valence-corrected chi connectivity index (χ1v) is 8.75. The molecule has 7 heteroatoms. The summed E-state index contributed by atoms with van der Waals surface area (Å²) in [5.41, 5.74) is 1.68. The van der Waals surface area contributed by atoms with Crippen molar-refractivity contribution in [3.8, 4) is 11.5 Å². The van der Waals surface area contributed by atoms with Gasteiger partial charge in [0.1, 0.15) is 5.82 Å². The van der Waals surface area contributed by atoms with E-state index in [0.29, 0.717) is 40.9 Å². The maximum atomic E-state index is 13.6. The van der Waals surface area contributed by atoms with Crippen LogP contribution in [-0.2, 0) is 6.42 Å². The summed E-state index contributed by atoms with van der Waals surface area (Å²) in [4.78, 5) is 24.4. The summed E-state index contributed by atoms with van der Waals surface area (Å²) in [7, 11) is 3.14. The number of aromatic nitrogens is 1. The Morgan fingerprint density at radius 1 is 1.07 bits per heavy atom. The molecule has 28 heavy (non-hydrogen) atoms. The summed E-state index contributed by atoms with van der Waals surface area (Å²) < 4.78 is 25.3. The molecule has 0 unspecified atom stereocenters. The number of methoxy groups -OCH3 is 2. The van der Waals surface area contributed by atoms with Gasteiger partial charge in [-0.05, 0) is 42.3 Å². The third-order valence-corrected chi connectivity index (χ3v) is 4.50. The van der Waals surface area contributed by atoms with E-state index in [1.54, 1.807) is 14.2 Å². The summed E-state index contributed by atoms with van der Waals surface area (Å²) in [5, 5.41) is 3.37. The number of rotatable bonds is 6. The number of hydrogen-bond acceptors (Lipinski definition) is 4. The van der Waals surface area contributed by atoms with Gasteiger partial charge in [0.05, 0.1) is 25.3 Å². The van der Waals surface area contributed by atoms with Crippen LogP contribution in [0.15, 0.2) is 42.6 Å². The molecule has 1 aromatic heterocycles. The van der Waals surface area contributed by atoms with Gasteiger partial charge in [-0.3, -0.25) is 14.2 Å². The van der Waals surface area contributed by atoms with Crippen LogP contribution in [-0.4, -0.2) is 37.1 Å². The first-order chi connectivity index (χ1) is 13.4. The lowest BCUT2D eigenvalue weighted by Gasteiger charge is -2.10. The normalized spacial score (nSPS) is 10.7. The number of nitrogens with zero attached hydrogens (tertiary/aromatic N) is 1. The molecular weight excluding hydrogens is 363 g/mol. The first kappa shape index (κ1) is 19.4. The fourth-order valence-corrected chi connectivity index (χ4v) is 3.09. The van der Waals surface area contributed by atoms with Crippen molar-refractivity contribution in [3.05, 3.63) is 59.5 Å². The SMILES string of the molecule is COc1ccc(CCNC(=O)c2cn(C(C)=O)c3cc(F)ccc23)cc1OC. The van der Waals surface area contributed by atoms with E-state index in [9.17, 15) is 14.0 Å². The maximum Gasteiger partial charge on any atom is 0.253 e. The monoisotopic (exact) mass is 384 g/mol. The number of hydrogen-bond donors (Lipinski definition) is 1. The largest absolute Gasteiger partial charge is 0.493 e. The van der Waals surface area contributed by atoms with E-state index in [1.807, 2.05) is 18.2 Å². The second-order valence-electron chi connectivity index (χ2n) is 6.29. The second kappa shape index (κ2) is 8.12. The smallest absolute Gasteiger partial charge is 0.253 e. The zero-order chi connectivity index (χ0) is 20.3. The van der Waals surface area contributed by atoms with Crippen molar-refractivity contribution < 1.29 is 23.5 Å². The van der Waals surface area contributed by atoms with Gasteiger partial charge in [-0.1, -0.05) is 6.07 Å². The topological polar surface area (TPSA) is 69.6 Å². The summed E-state index contributed by atoms with van der Waals surface area (Å²) >= 11 is 0. The highest BCUT2D eigenvalue weighted by Crippen LogP contribution is 2.27. The molecule has 0 radical (unpaired) electrons. The third-order valence-electron chi connectivity index (χ3n) is 4.50. The molecule has 1 N–H and O–H groups in total. The van der Waals surface area contributed by atoms with Crippen LogP contribution in [0.4, 0.5) is 4.39 Å². The van der Waals surface area contributed by atoms with E-state index in [4.69, 9.17) is 9.47 Å². The molecule has 0 saturated carbocycles. The minimum Gasteiger partial charge on any atom is -0.493 e. The molecule has 1 amide bonds. The Morgan fingerprint density at radius 2 is 1.82 bits per heavy atom. The van der Waals surface area contributed by atoms with Crippen LogP contribution in [0.5, 0.6) is 11.5 Å². The minimum atomic E-state index is -0.464. The molecule has 3 rings (SSSR count). The Hall–Kier alpha value is -3.35. The molecule has 1 heterocycles. The van der Waals surface area contributed by atoms with Crippen LogP contribution in [0.3, 0.4) is 0 Å². The van der Waals surface area contributed by atoms with Crippen LogP contribution >= 0.6 is 0 Å². The number of halogens is 1. The van der Waals surface area contributed by atoms with Gasteiger partial charge in [0.2, 0.25) is 5.91 Å². The highest BCUT2D eigenvalue weighted by Gasteiger charge is 2.17. The van der Waals surface area contributed by atoms with E-state index in [-0.39, 0.29) is 11.8 Å². The number of carbonyl (C=O) groups is 2. The van der Waals surface area contributed by atoms with Crippen LogP contribution in [0.1, 0.15) is 27.6 Å². The van der Waals surface area contributed by atoms with Crippen molar-refractivity contribution in [2.45, 2.75) is 13.3 Å². The first-order valence-electron chi connectivity index (χ1n) is 8.75. The zero-order valence-electron chi connectivity index (χ0n) is 15.9. The number of ether oxygens (including phenoxy) is 2. The number of fused-ring (bicyclic) bond motifs is 1. The zero-order valence-corrected chi connectivity index (χ0v) is 15.9. The van der Waals surface area contributed by atoms with Crippen molar-refractivity contribution in [1.82, 2.24) is 9.88 Å². The Balaban J connectivity index is 1.74. The molecule has 6 nitrogen and oxygen atoms in total. The highest BCUT2D eigenvalue weighted by molar-refractivity contribution is 6.09. The van der Waals surface area contributed by atoms with Gasteiger partial charge in [0.15, 0.2) is 11.5 Å². The van der Waals surface area contributed by atoms with Crippen molar-refractivity contribution in [2.24, 2.45) is 0 Å². The van der Waals surface area contributed by atoms with E-state index < -0.39 is 5.82 Å². The molecule has 0 atom stereocenters. The summed E-state index contributed by atoms with van der Waals surface area (Å²) in [6.45, 7) is 1.76. The molecular formula is C21H21FN2O4. The van der Waals surface area contributed by atoms with Crippen LogP contribution in [0.2, 0.25) is 0 Å². The molecule has 0 spiro atoms. The number of carbonyl (C=O) groups excluding carboxylic acids is 2. The molecule has 2 aromatic carbocycles. The fourth-order valence-electron chi connectivity index (χ4n) is 3.09. The van der Waals surface area contributed by atoms with Gasteiger partial charge >= 0.3 is 0 Å². The molecule has 0 bridgehead atoms. The Morgan fingerprint density at radius 3 is 2.50 bits per heavy atom. The van der Waals surface area contributed by atoms with Crippen LogP contribution in [0.25, 0.3) is 10.9 Å². The molecule has 0 fully saturated rings. The van der Waals surface area contributed by atoms with E-state index in [1.165, 1.54) is 35.9 Å². The average molecular weight is 384 g/mol. The lowest BCUT2D eigenvalue weighted by atomic mass is 10.1. The summed E-state index contributed by atoms with van der Waals surface area (Å²) in [6.07, 6.45) is 2.03. The van der Waals surface area contributed by atoms with Crippen LogP contribution in [0, 0.1) is 5.82 Å². The lowest BCUT2D eigenvalue weighted by molar-refractivity contribution is 0.0941. The minimum absolute atomic E-state index is 0.292. The van der Waals surface area contributed by atoms with Crippen molar-refractivity contribution in [2.75, 3.05) is 20.8 Å². The standard InChI is InChI=1S/C21H21FN2O4/c1-13(25)24-12-17(16-6-5-15(22)11-18(16)24)21(26)23-9-8-14-4-7-19(27-2)20(10-14)28-3/h4-7,10-12H,8-9H2,1-3H3,(H,23,26). The van der Waals surface area contributed by atoms with Crippen molar-refractivity contribution in [3.63, 3.8) is 0 Å². The van der Waals surface area contributed by atoms with Crippen molar-refractivity contribution >= 4 is 22.7 Å². The number of nitrogens with one attached hydrogen (secondary N) is 1. The highest BCUT2D eigenvalue weighted by atomic mass is 19.1. The van der Waals surface area contributed by atoms with Gasteiger partial charge in [0, 0.05) is 25.1 Å². The van der Waals surface area contributed by atoms with Gasteiger partial charge < -0.3 is 14.8 Å². The molecule has 0 aliphatic carbocycles. The molecule has 0 saturated heterocycles. The predicted octanol–water partition coefficient (Wildman–Crippen LogP) is 3.43. The van der Waals surface area contributed by atoms with Crippen LogP contribution < -0.4 is 14.8 Å². The molecule has 146 valence electrons. The van der Waals surface area contributed by atoms with E-state index in [0.717, 1.165) is 5.56 Å². The quantitative estimate of drug-likeness (QED) is 0.707. The summed E-state index contributed by atoms with van der Waals surface area (Å²) in [5.74, 6) is 0.183. The fraction of sp³-hybridized carbons (Fsp3) is 0.238. The van der Waals surface area contributed by atoms with Gasteiger partial charge in [-0.15, -0.1) is 0 Å². The molecule has 0 aliphatic rings. The number of benzene rings is 2. The third kappa shape index (κ3) is 3.83. The predicted molar refractivity (Wildman–Crippen MR) is 104 cm³/mol. The Bertz CT molecular complexity index is 1040. The maximum absolute atomic E-state index is 13.6. The van der Waals surface area contributed by atoms with Gasteiger partial charge in [-0.25, -0.2) is 4.39 Å². The Kier molecular flexibility index (Phi) is 5.63. The molecule has 0 aliphatic heterocycles. The molecule has 3 aromatic rings. The lowest BCUT2D eigenvalue weighted by Crippen LogP contribution is -2.25. The van der Waals surface area contributed by atoms with Gasteiger partial charge in [0.25, 0.3) is 5.91 Å². The van der Waals surface area contributed by atoms with Gasteiger partial charge in [-0.2, -0.15) is 0 Å². The van der Waals surface area contributed by atoms with Crippen molar-refractivity contribution in [1.29, 1.82) is 0 Å². The average Bonchev–Trinajstić information content (AvgIpc) is 3.06. The second-order valence-corrected chi connectivity index (χ2v) is 6.29. The van der Waals surface area contributed by atoms with E-state index >= 15 is 0 Å². The summed E-state index contributed by atoms with van der Waals surface area (Å²) in [6, 6.07) is 9.59. The Labute approximate surface area is 161 Å². The number of amides is 1.